The Morgan fingerprint density at radius 3 is 2.28 bits per heavy atom. The molecule has 0 aromatic heterocycles. The molecule has 2 aromatic carbocycles. The number of thiocarbonyl (C=S) groups is 1. The normalized spacial score (nSPS) is 14.5. The minimum Gasteiger partial charge on any atom is -0.493 e. The molecule has 7 heteroatoms. The molecule has 0 bridgehead atoms. The monoisotopic (exact) mass is 433 g/mol. The van der Waals surface area contributed by atoms with E-state index >= 15 is 0 Å². The van der Waals surface area contributed by atoms with Crippen LogP contribution in [0.2, 0.25) is 5.02 Å². The number of piperazine rings is 1. The van der Waals surface area contributed by atoms with Gasteiger partial charge >= 0.3 is 0 Å². The Morgan fingerprint density at radius 2 is 1.62 bits per heavy atom. The molecule has 0 unspecified atom stereocenters. The lowest BCUT2D eigenvalue weighted by molar-refractivity contribution is 0.174. The van der Waals surface area contributed by atoms with Gasteiger partial charge in [0, 0.05) is 44.3 Å². The van der Waals surface area contributed by atoms with Crippen molar-refractivity contribution in [2.45, 2.75) is 13.0 Å². The number of halogens is 1. The third-order valence-corrected chi connectivity index (χ3v) is 5.77. The SMILES string of the molecule is COc1ccc(CCNC(=S)N2CCN(Cc3ccc(Cl)cc3)CC2)cc1OC. The van der Waals surface area contributed by atoms with Crippen LogP contribution in [0.1, 0.15) is 11.1 Å². The van der Waals surface area contributed by atoms with Crippen LogP contribution in [0.5, 0.6) is 11.5 Å². The van der Waals surface area contributed by atoms with E-state index in [1.54, 1.807) is 14.2 Å². The molecule has 0 aliphatic carbocycles. The molecule has 1 saturated heterocycles. The van der Waals surface area contributed by atoms with E-state index in [0.717, 1.165) is 67.3 Å². The van der Waals surface area contributed by atoms with E-state index < -0.39 is 0 Å². The van der Waals surface area contributed by atoms with Gasteiger partial charge in [-0.1, -0.05) is 29.8 Å². The van der Waals surface area contributed by atoms with Crippen molar-refractivity contribution in [2.75, 3.05) is 46.9 Å². The van der Waals surface area contributed by atoms with Gasteiger partial charge in [-0.05, 0) is 54.0 Å². The maximum atomic E-state index is 5.96. The molecule has 29 heavy (non-hydrogen) atoms. The molecule has 0 saturated carbocycles. The van der Waals surface area contributed by atoms with Crippen molar-refractivity contribution in [1.82, 2.24) is 15.1 Å². The lowest BCUT2D eigenvalue weighted by Gasteiger charge is -2.36. The molecule has 5 nitrogen and oxygen atoms in total. The number of nitrogens with one attached hydrogen (secondary N) is 1. The first-order chi connectivity index (χ1) is 14.1. The number of nitrogens with zero attached hydrogens (tertiary/aromatic N) is 2. The highest BCUT2D eigenvalue weighted by molar-refractivity contribution is 7.80. The summed E-state index contributed by atoms with van der Waals surface area (Å²) in [6, 6.07) is 14.1. The van der Waals surface area contributed by atoms with E-state index in [1.807, 2.05) is 24.3 Å². The zero-order valence-electron chi connectivity index (χ0n) is 17.0. The van der Waals surface area contributed by atoms with Crippen LogP contribution in [-0.2, 0) is 13.0 Å². The Morgan fingerprint density at radius 1 is 0.966 bits per heavy atom. The predicted octanol–water partition coefficient (Wildman–Crippen LogP) is 3.59. The molecule has 1 aliphatic heterocycles. The summed E-state index contributed by atoms with van der Waals surface area (Å²) in [6.07, 6.45) is 0.872. The summed E-state index contributed by atoms with van der Waals surface area (Å²) in [5, 5.41) is 5.00. The first kappa shape index (κ1) is 21.7. The molecule has 0 amide bonds. The van der Waals surface area contributed by atoms with Crippen LogP contribution in [0.15, 0.2) is 42.5 Å². The topological polar surface area (TPSA) is 37.0 Å². The quantitative estimate of drug-likeness (QED) is 0.672. The first-order valence-corrected chi connectivity index (χ1v) is 10.6. The van der Waals surface area contributed by atoms with Gasteiger partial charge in [0.1, 0.15) is 0 Å². The average molecular weight is 434 g/mol. The van der Waals surface area contributed by atoms with E-state index in [9.17, 15) is 0 Å². The average Bonchev–Trinajstić information content (AvgIpc) is 2.75. The second-order valence-corrected chi connectivity index (χ2v) is 7.88. The minimum atomic E-state index is 0.746. The van der Waals surface area contributed by atoms with Crippen LogP contribution in [0.4, 0.5) is 0 Å². The fourth-order valence-electron chi connectivity index (χ4n) is 3.42. The number of ether oxygens (including phenoxy) is 2. The standard InChI is InChI=1S/C22H28ClN3O2S/c1-27-20-8-5-17(15-21(20)28-2)9-10-24-22(29)26-13-11-25(12-14-26)16-18-3-6-19(23)7-4-18/h3-8,15H,9-14,16H2,1-2H3,(H,24,29). The van der Waals surface area contributed by atoms with E-state index in [-0.39, 0.29) is 0 Å². The summed E-state index contributed by atoms with van der Waals surface area (Å²) in [6.45, 7) is 5.62. The van der Waals surface area contributed by atoms with Crippen molar-refractivity contribution in [1.29, 1.82) is 0 Å². The fraction of sp³-hybridized carbons (Fsp3) is 0.409. The van der Waals surface area contributed by atoms with E-state index in [2.05, 4.69) is 33.3 Å². The molecule has 1 N–H and O–H groups in total. The Hall–Kier alpha value is -2.02. The Balaban J connectivity index is 1.40. The molecule has 0 spiro atoms. The van der Waals surface area contributed by atoms with Crippen molar-refractivity contribution < 1.29 is 9.47 Å². The number of hydrogen-bond donors (Lipinski definition) is 1. The lowest BCUT2D eigenvalue weighted by atomic mass is 10.1. The highest BCUT2D eigenvalue weighted by Crippen LogP contribution is 2.27. The predicted molar refractivity (Wildman–Crippen MR) is 122 cm³/mol. The largest absolute Gasteiger partial charge is 0.493 e. The smallest absolute Gasteiger partial charge is 0.169 e. The van der Waals surface area contributed by atoms with Crippen LogP contribution in [0, 0.1) is 0 Å². The molecule has 1 aliphatic rings. The lowest BCUT2D eigenvalue weighted by Crippen LogP contribution is -2.51. The van der Waals surface area contributed by atoms with Crippen LogP contribution in [0.3, 0.4) is 0 Å². The van der Waals surface area contributed by atoms with Gasteiger partial charge in [0.2, 0.25) is 0 Å². The van der Waals surface area contributed by atoms with Crippen LogP contribution >= 0.6 is 23.8 Å². The maximum Gasteiger partial charge on any atom is 0.169 e. The molecular formula is C22H28ClN3O2S. The second-order valence-electron chi connectivity index (χ2n) is 7.06. The van der Waals surface area contributed by atoms with Crippen LogP contribution in [0.25, 0.3) is 0 Å². The molecule has 2 aromatic rings. The van der Waals surface area contributed by atoms with Crippen LogP contribution in [-0.4, -0.2) is 61.9 Å². The zero-order valence-corrected chi connectivity index (χ0v) is 18.6. The van der Waals surface area contributed by atoms with Crippen molar-refractivity contribution >= 4 is 28.9 Å². The van der Waals surface area contributed by atoms with E-state index in [1.165, 1.54) is 11.1 Å². The molecule has 1 fully saturated rings. The molecule has 0 radical (unpaired) electrons. The summed E-state index contributed by atoms with van der Waals surface area (Å²) >= 11 is 11.6. The maximum absolute atomic E-state index is 5.96. The molecular weight excluding hydrogens is 406 g/mol. The van der Waals surface area contributed by atoms with Gasteiger partial charge in [0.25, 0.3) is 0 Å². The molecule has 3 rings (SSSR count). The second kappa shape index (κ2) is 10.7. The third-order valence-electron chi connectivity index (χ3n) is 5.12. The van der Waals surface area contributed by atoms with Gasteiger partial charge in [0.05, 0.1) is 14.2 Å². The van der Waals surface area contributed by atoms with Gasteiger partial charge in [-0.25, -0.2) is 0 Å². The zero-order chi connectivity index (χ0) is 20.6. The minimum absolute atomic E-state index is 0.746. The fourth-order valence-corrected chi connectivity index (χ4v) is 3.83. The van der Waals surface area contributed by atoms with Crippen molar-refractivity contribution in [3.63, 3.8) is 0 Å². The van der Waals surface area contributed by atoms with Crippen molar-refractivity contribution in [3.8, 4) is 11.5 Å². The molecule has 1 heterocycles. The number of benzene rings is 2. The van der Waals surface area contributed by atoms with Gasteiger partial charge in [0.15, 0.2) is 16.6 Å². The number of rotatable bonds is 7. The first-order valence-electron chi connectivity index (χ1n) is 9.79. The Bertz CT molecular complexity index is 808. The summed E-state index contributed by atoms with van der Waals surface area (Å²) in [4.78, 5) is 4.70. The number of hydrogen-bond acceptors (Lipinski definition) is 4. The van der Waals surface area contributed by atoms with E-state index in [4.69, 9.17) is 33.3 Å². The van der Waals surface area contributed by atoms with Gasteiger partial charge in [-0.3, -0.25) is 4.90 Å². The Kier molecular flexibility index (Phi) is 7.98. The summed E-state index contributed by atoms with van der Waals surface area (Å²) < 4.78 is 10.7. The summed E-state index contributed by atoms with van der Waals surface area (Å²) in [7, 11) is 3.30. The molecule has 156 valence electrons. The number of methoxy groups -OCH3 is 2. The van der Waals surface area contributed by atoms with Gasteiger partial charge < -0.3 is 19.7 Å². The highest BCUT2D eigenvalue weighted by atomic mass is 35.5. The van der Waals surface area contributed by atoms with E-state index in [0.29, 0.717) is 0 Å². The van der Waals surface area contributed by atoms with Gasteiger partial charge in [-0.2, -0.15) is 0 Å². The summed E-state index contributed by atoms with van der Waals surface area (Å²) in [5.41, 5.74) is 2.48. The Labute approximate surface area is 183 Å². The van der Waals surface area contributed by atoms with Crippen molar-refractivity contribution in [2.24, 2.45) is 0 Å². The van der Waals surface area contributed by atoms with Crippen molar-refractivity contribution in [3.05, 3.63) is 58.6 Å². The van der Waals surface area contributed by atoms with Gasteiger partial charge in [-0.15, -0.1) is 0 Å². The highest BCUT2D eigenvalue weighted by Gasteiger charge is 2.18. The van der Waals surface area contributed by atoms with Crippen LogP contribution < -0.4 is 14.8 Å². The molecule has 0 atom stereocenters. The third kappa shape index (κ3) is 6.23. The summed E-state index contributed by atoms with van der Waals surface area (Å²) in [5.74, 6) is 1.50.